The minimum Gasteiger partial charge on any atom is -0.501 e. The SMILES string of the molecule is CCC=COCC1CCC(CCC2CCC(COCC)CC2)CC1. The Labute approximate surface area is 150 Å². The van der Waals surface area contributed by atoms with Crippen molar-refractivity contribution in [3.8, 4) is 0 Å². The Morgan fingerprint density at radius 1 is 0.708 bits per heavy atom. The van der Waals surface area contributed by atoms with Gasteiger partial charge in [-0.1, -0.05) is 51.5 Å². The quantitative estimate of drug-likeness (QED) is 0.432. The molecular weight excluding hydrogens is 296 g/mol. The number of hydrogen-bond donors (Lipinski definition) is 0. The second-order valence-electron chi connectivity index (χ2n) is 8.12. The molecule has 0 aromatic heterocycles. The molecule has 2 heteroatoms. The first-order chi connectivity index (χ1) is 11.8. The monoisotopic (exact) mass is 336 g/mol. The van der Waals surface area contributed by atoms with Crippen molar-refractivity contribution in [2.24, 2.45) is 23.7 Å². The number of rotatable bonds is 10. The molecule has 0 spiro atoms. The number of hydrogen-bond acceptors (Lipinski definition) is 2. The standard InChI is InChI=1S/C22H40O2/c1-3-5-16-24-18-22-14-10-20(11-15-22)7-6-19-8-12-21(13-9-19)17-23-4-2/h5,16,19-22H,3-4,6-15,17-18H2,1-2H3. The van der Waals surface area contributed by atoms with Crippen LogP contribution in [0.25, 0.3) is 0 Å². The van der Waals surface area contributed by atoms with Crippen LogP contribution in [-0.4, -0.2) is 19.8 Å². The molecule has 0 unspecified atom stereocenters. The van der Waals surface area contributed by atoms with Crippen molar-refractivity contribution in [2.75, 3.05) is 19.8 Å². The van der Waals surface area contributed by atoms with Gasteiger partial charge in [-0.2, -0.15) is 0 Å². The van der Waals surface area contributed by atoms with Crippen LogP contribution in [0.4, 0.5) is 0 Å². The van der Waals surface area contributed by atoms with Crippen LogP contribution in [-0.2, 0) is 9.47 Å². The molecule has 0 aromatic rings. The average Bonchev–Trinajstić information content (AvgIpc) is 2.64. The zero-order chi connectivity index (χ0) is 17.0. The van der Waals surface area contributed by atoms with Gasteiger partial charge in [0.2, 0.25) is 0 Å². The molecule has 0 saturated heterocycles. The molecular formula is C22H40O2. The van der Waals surface area contributed by atoms with E-state index in [-0.39, 0.29) is 0 Å². The molecule has 0 heterocycles. The molecule has 2 fully saturated rings. The van der Waals surface area contributed by atoms with Crippen LogP contribution in [0.5, 0.6) is 0 Å². The van der Waals surface area contributed by atoms with Crippen molar-refractivity contribution in [2.45, 2.75) is 84.5 Å². The Morgan fingerprint density at radius 2 is 1.21 bits per heavy atom. The molecule has 0 aromatic carbocycles. The van der Waals surface area contributed by atoms with Crippen LogP contribution in [0.3, 0.4) is 0 Å². The van der Waals surface area contributed by atoms with Gasteiger partial charge in [0.25, 0.3) is 0 Å². The van der Waals surface area contributed by atoms with E-state index in [9.17, 15) is 0 Å². The third-order valence-electron chi connectivity index (χ3n) is 6.23. The minimum absolute atomic E-state index is 0.803. The summed E-state index contributed by atoms with van der Waals surface area (Å²) in [6, 6.07) is 0. The lowest BCUT2D eigenvalue weighted by Crippen LogP contribution is -2.21. The summed E-state index contributed by atoms with van der Waals surface area (Å²) in [5.74, 6) is 3.65. The summed E-state index contributed by atoms with van der Waals surface area (Å²) in [4.78, 5) is 0. The first kappa shape index (κ1) is 19.8. The second kappa shape index (κ2) is 12.0. The lowest BCUT2D eigenvalue weighted by molar-refractivity contribution is 0.0838. The second-order valence-corrected chi connectivity index (χ2v) is 8.12. The van der Waals surface area contributed by atoms with Crippen LogP contribution in [0.15, 0.2) is 12.3 Å². The molecule has 2 saturated carbocycles. The Balaban J connectivity index is 1.51. The highest BCUT2D eigenvalue weighted by atomic mass is 16.5. The summed E-state index contributed by atoms with van der Waals surface area (Å²) in [5.41, 5.74) is 0. The number of allylic oxidation sites excluding steroid dienone is 1. The summed E-state index contributed by atoms with van der Waals surface area (Å²) < 4.78 is 11.3. The highest BCUT2D eigenvalue weighted by Gasteiger charge is 2.24. The van der Waals surface area contributed by atoms with E-state index < -0.39 is 0 Å². The smallest absolute Gasteiger partial charge is 0.0901 e. The molecule has 0 N–H and O–H groups in total. The molecule has 2 rings (SSSR count). The fourth-order valence-electron chi connectivity index (χ4n) is 4.49. The lowest BCUT2D eigenvalue weighted by Gasteiger charge is -2.31. The minimum atomic E-state index is 0.803. The zero-order valence-corrected chi connectivity index (χ0v) is 16.2. The van der Waals surface area contributed by atoms with Gasteiger partial charge in [0.15, 0.2) is 0 Å². The van der Waals surface area contributed by atoms with Crippen LogP contribution in [0.1, 0.15) is 84.5 Å². The van der Waals surface area contributed by atoms with Gasteiger partial charge in [-0.15, -0.1) is 0 Å². The predicted octanol–water partition coefficient (Wildman–Crippen LogP) is 6.36. The number of ether oxygens (including phenoxy) is 2. The Bertz CT molecular complexity index is 323. The maximum Gasteiger partial charge on any atom is 0.0901 e. The van der Waals surface area contributed by atoms with Gasteiger partial charge in [0.05, 0.1) is 12.9 Å². The molecule has 0 aliphatic heterocycles. The van der Waals surface area contributed by atoms with Crippen molar-refractivity contribution in [1.29, 1.82) is 0 Å². The third-order valence-corrected chi connectivity index (χ3v) is 6.23. The van der Waals surface area contributed by atoms with E-state index in [1.165, 1.54) is 64.2 Å². The molecule has 2 nitrogen and oxygen atoms in total. The first-order valence-corrected chi connectivity index (χ1v) is 10.7. The van der Waals surface area contributed by atoms with E-state index in [0.29, 0.717) is 0 Å². The van der Waals surface area contributed by atoms with Gasteiger partial charge < -0.3 is 9.47 Å². The normalized spacial score (nSPS) is 31.4. The maximum atomic E-state index is 5.65. The fraction of sp³-hybridized carbons (Fsp3) is 0.909. The summed E-state index contributed by atoms with van der Waals surface area (Å²) in [5, 5.41) is 0. The first-order valence-electron chi connectivity index (χ1n) is 10.7. The van der Waals surface area contributed by atoms with Crippen molar-refractivity contribution in [1.82, 2.24) is 0 Å². The van der Waals surface area contributed by atoms with E-state index in [2.05, 4.69) is 19.9 Å². The van der Waals surface area contributed by atoms with Crippen molar-refractivity contribution >= 4 is 0 Å². The Morgan fingerprint density at radius 3 is 1.71 bits per heavy atom. The molecule has 0 amide bonds. The lowest BCUT2D eigenvalue weighted by atomic mass is 9.76. The van der Waals surface area contributed by atoms with Gasteiger partial charge in [0, 0.05) is 13.2 Å². The summed E-state index contributed by atoms with van der Waals surface area (Å²) in [6.07, 6.45) is 19.4. The van der Waals surface area contributed by atoms with Gasteiger partial charge >= 0.3 is 0 Å². The van der Waals surface area contributed by atoms with Gasteiger partial charge in [-0.3, -0.25) is 0 Å². The maximum absolute atomic E-state index is 5.65. The Kier molecular flexibility index (Phi) is 9.87. The van der Waals surface area contributed by atoms with Gasteiger partial charge in [-0.25, -0.2) is 0 Å². The summed E-state index contributed by atoms with van der Waals surface area (Å²) >= 11 is 0. The van der Waals surface area contributed by atoms with Crippen LogP contribution in [0.2, 0.25) is 0 Å². The molecule has 0 radical (unpaired) electrons. The highest BCUT2D eigenvalue weighted by Crippen LogP contribution is 2.36. The van der Waals surface area contributed by atoms with Crippen LogP contribution < -0.4 is 0 Å². The van der Waals surface area contributed by atoms with Crippen LogP contribution >= 0.6 is 0 Å². The van der Waals surface area contributed by atoms with Crippen LogP contribution in [0, 0.1) is 23.7 Å². The van der Waals surface area contributed by atoms with Crippen molar-refractivity contribution in [3.05, 3.63) is 12.3 Å². The third kappa shape index (κ3) is 7.59. The van der Waals surface area contributed by atoms with E-state index >= 15 is 0 Å². The van der Waals surface area contributed by atoms with E-state index in [0.717, 1.165) is 49.9 Å². The Hall–Kier alpha value is -0.500. The van der Waals surface area contributed by atoms with Crippen molar-refractivity contribution in [3.63, 3.8) is 0 Å². The molecule has 0 atom stereocenters. The predicted molar refractivity (Wildman–Crippen MR) is 102 cm³/mol. The van der Waals surface area contributed by atoms with E-state index in [4.69, 9.17) is 9.47 Å². The van der Waals surface area contributed by atoms with Gasteiger partial charge in [-0.05, 0) is 62.7 Å². The van der Waals surface area contributed by atoms with Crippen molar-refractivity contribution < 1.29 is 9.47 Å². The van der Waals surface area contributed by atoms with E-state index in [1.54, 1.807) is 0 Å². The molecule has 140 valence electrons. The molecule has 2 aliphatic rings. The largest absolute Gasteiger partial charge is 0.501 e. The molecule has 2 aliphatic carbocycles. The zero-order valence-electron chi connectivity index (χ0n) is 16.2. The molecule has 0 bridgehead atoms. The average molecular weight is 337 g/mol. The highest BCUT2D eigenvalue weighted by molar-refractivity contribution is 4.77. The molecule has 24 heavy (non-hydrogen) atoms. The van der Waals surface area contributed by atoms with E-state index in [1.807, 2.05) is 6.26 Å². The fourth-order valence-corrected chi connectivity index (χ4v) is 4.49. The topological polar surface area (TPSA) is 18.5 Å². The van der Waals surface area contributed by atoms with Gasteiger partial charge in [0.1, 0.15) is 0 Å². The summed E-state index contributed by atoms with van der Waals surface area (Å²) in [7, 11) is 0. The summed E-state index contributed by atoms with van der Waals surface area (Å²) in [6.45, 7) is 7.07.